The topological polar surface area (TPSA) is 75.6 Å². The number of carboxylic acid groups (broad SMARTS) is 1. The lowest BCUT2D eigenvalue weighted by Crippen LogP contribution is -2.45. The minimum absolute atomic E-state index is 0.340. The number of aliphatic carboxylic acids is 1. The summed E-state index contributed by atoms with van der Waals surface area (Å²) in [6.45, 7) is 5.35. The van der Waals surface area contributed by atoms with Crippen molar-refractivity contribution in [2.45, 2.75) is 45.3 Å². The van der Waals surface area contributed by atoms with Crippen molar-refractivity contribution < 1.29 is 19.4 Å². The average Bonchev–Trinajstić information content (AvgIpc) is 2.39. The molecule has 0 bridgehead atoms. The van der Waals surface area contributed by atoms with Crippen LogP contribution in [0.3, 0.4) is 0 Å². The third-order valence-corrected chi connectivity index (χ3v) is 3.70. The van der Waals surface area contributed by atoms with E-state index >= 15 is 0 Å². The number of carbonyl (C=O) groups is 2. The number of ether oxygens (including phenoxy) is 1. The average molecular weight is 275 g/mol. The summed E-state index contributed by atoms with van der Waals surface area (Å²) in [7, 11) is 0. The summed E-state index contributed by atoms with van der Waals surface area (Å²) in [5.74, 6) is 0.319. The van der Waals surface area contributed by atoms with Crippen LogP contribution in [-0.2, 0) is 9.53 Å². The zero-order valence-corrected chi connectivity index (χ0v) is 11.9. The number of alkyl carbamates (subject to hydrolysis) is 1. The van der Waals surface area contributed by atoms with Gasteiger partial charge >= 0.3 is 12.1 Å². The maximum absolute atomic E-state index is 11.7. The van der Waals surface area contributed by atoms with Gasteiger partial charge in [0.05, 0.1) is 5.92 Å². The van der Waals surface area contributed by atoms with Crippen molar-refractivity contribution in [2.75, 3.05) is 11.5 Å². The van der Waals surface area contributed by atoms with E-state index in [1.54, 1.807) is 32.5 Å². The standard InChI is InChI=1S/C12H21NO4S/c1-12(2,3)17-11(16)13-9-5-7-18-6-4-8(9)10(14)15/h8-9H,4-7H2,1-3H3,(H,13,16)(H,14,15). The highest BCUT2D eigenvalue weighted by Gasteiger charge is 2.31. The van der Waals surface area contributed by atoms with Crippen LogP contribution in [0.5, 0.6) is 0 Å². The molecule has 0 spiro atoms. The first-order valence-electron chi connectivity index (χ1n) is 6.09. The highest BCUT2D eigenvalue weighted by atomic mass is 32.2. The molecule has 2 atom stereocenters. The number of hydrogen-bond acceptors (Lipinski definition) is 4. The van der Waals surface area contributed by atoms with Gasteiger partial charge in [-0.05, 0) is 45.1 Å². The first-order chi connectivity index (χ1) is 8.29. The molecule has 0 radical (unpaired) electrons. The summed E-state index contributed by atoms with van der Waals surface area (Å²) < 4.78 is 5.16. The minimum atomic E-state index is -0.849. The molecule has 6 heteroatoms. The van der Waals surface area contributed by atoms with Crippen LogP contribution in [0, 0.1) is 5.92 Å². The van der Waals surface area contributed by atoms with Crippen LogP contribution in [0.1, 0.15) is 33.6 Å². The third kappa shape index (κ3) is 5.16. The Morgan fingerprint density at radius 1 is 1.28 bits per heavy atom. The number of rotatable bonds is 2. The summed E-state index contributed by atoms with van der Waals surface area (Å²) in [6, 6.07) is -0.340. The van der Waals surface area contributed by atoms with Gasteiger partial charge in [-0.2, -0.15) is 11.8 Å². The summed E-state index contributed by atoms with van der Waals surface area (Å²) in [4.78, 5) is 22.9. The van der Waals surface area contributed by atoms with Gasteiger partial charge in [0.1, 0.15) is 5.60 Å². The molecule has 18 heavy (non-hydrogen) atoms. The van der Waals surface area contributed by atoms with Gasteiger partial charge in [0, 0.05) is 6.04 Å². The van der Waals surface area contributed by atoms with Crippen LogP contribution in [0.2, 0.25) is 0 Å². The van der Waals surface area contributed by atoms with Crippen LogP contribution < -0.4 is 5.32 Å². The fourth-order valence-electron chi connectivity index (χ4n) is 1.85. The Kier molecular flexibility index (Phi) is 5.31. The third-order valence-electron chi connectivity index (χ3n) is 2.65. The molecule has 1 rings (SSSR count). The molecule has 1 aliphatic rings. The molecule has 1 saturated heterocycles. The van der Waals surface area contributed by atoms with E-state index in [4.69, 9.17) is 4.74 Å². The highest BCUT2D eigenvalue weighted by molar-refractivity contribution is 7.99. The molecule has 0 aromatic rings. The normalized spacial score (nSPS) is 25.1. The number of carbonyl (C=O) groups excluding carboxylic acids is 1. The van der Waals surface area contributed by atoms with Crippen molar-refractivity contribution in [1.29, 1.82) is 0 Å². The Morgan fingerprint density at radius 3 is 2.44 bits per heavy atom. The largest absolute Gasteiger partial charge is 0.481 e. The molecular formula is C12H21NO4S. The van der Waals surface area contributed by atoms with Crippen molar-refractivity contribution in [2.24, 2.45) is 5.92 Å². The van der Waals surface area contributed by atoms with Gasteiger partial charge in [-0.15, -0.1) is 0 Å². The lowest BCUT2D eigenvalue weighted by Gasteiger charge is -2.25. The van der Waals surface area contributed by atoms with Crippen molar-refractivity contribution in [3.05, 3.63) is 0 Å². The van der Waals surface area contributed by atoms with Crippen molar-refractivity contribution >= 4 is 23.8 Å². The zero-order valence-electron chi connectivity index (χ0n) is 11.1. The Balaban J connectivity index is 2.60. The number of hydrogen-bond donors (Lipinski definition) is 2. The minimum Gasteiger partial charge on any atom is -0.481 e. The van der Waals surface area contributed by atoms with Crippen molar-refractivity contribution in [3.63, 3.8) is 0 Å². The predicted molar refractivity (Wildman–Crippen MR) is 70.8 cm³/mol. The molecule has 104 valence electrons. The highest BCUT2D eigenvalue weighted by Crippen LogP contribution is 2.23. The van der Waals surface area contributed by atoms with E-state index < -0.39 is 23.6 Å². The van der Waals surface area contributed by atoms with Crippen LogP contribution >= 0.6 is 11.8 Å². The molecule has 5 nitrogen and oxygen atoms in total. The molecular weight excluding hydrogens is 254 g/mol. The zero-order chi connectivity index (χ0) is 13.8. The predicted octanol–water partition coefficient (Wildman–Crippen LogP) is 2.11. The van der Waals surface area contributed by atoms with E-state index in [9.17, 15) is 14.7 Å². The Hall–Kier alpha value is -0.910. The van der Waals surface area contributed by atoms with Crippen LogP contribution in [0.4, 0.5) is 4.79 Å². The van der Waals surface area contributed by atoms with E-state index in [0.29, 0.717) is 12.8 Å². The Morgan fingerprint density at radius 2 is 1.89 bits per heavy atom. The first-order valence-corrected chi connectivity index (χ1v) is 7.25. The van der Waals surface area contributed by atoms with Crippen molar-refractivity contribution in [3.8, 4) is 0 Å². The molecule has 1 aliphatic heterocycles. The monoisotopic (exact) mass is 275 g/mol. The number of thioether (sulfide) groups is 1. The molecule has 2 N–H and O–H groups in total. The van der Waals surface area contributed by atoms with E-state index in [1.807, 2.05) is 0 Å². The van der Waals surface area contributed by atoms with E-state index in [0.717, 1.165) is 11.5 Å². The quantitative estimate of drug-likeness (QED) is 0.807. The fraction of sp³-hybridized carbons (Fsp3) is 0.833. The molecule has 1 amide bonds. The van der Waals surface area contributed by atoms with E-state index in [1.165, 1.54) is 0 Å². The van der Waals surface area contributed by atoms with Gasteiger partial charge in [-0.1, -0.05) is 0 Å². The van der Waals surface area contributed by atoms with Gasteiger partial charge in [0.2, 0.25) is 0 Å². The molecule has 1 fully saturated rings. The molecule has 0 saturated carbocycles. The van der Waals surface area contributed by atoms with Gasteiger partial charge < -0.3 is 15.2 Å². The molecule has 0 aromatic carbocycles. The molecule has 0 aliphatic carbocycles. The van der Waals surface area contributed by atoms with E-state index in [-0.39, 0.29) is 6.04 Å². The molecule has 1 heterocycles. The second-order valence-electron chi connectivity index (χ2n) is 5.39. The molecule has 0 aromatic heterocycles. The maximum atomic E-state index is 11.7. The smallest absolute Gasteiger partial charge is 0.407 e. The van der Waals surface area contributed by atoms with Gasteiger partial charge in [0.15, 0.2) is 0 Å². The second-order valence-corrected chi connectivity index (χ2v) is 6.61. The number of carboxylic acids is 1. The number of amides is 1. The SMILES string of the molecule is CC(C)(C)OC(=O)NC1CCSCCC1C(=O)O. The van der Waals surface area contributed by atoms with Crippen LogP contribution in [0.25, 0.3) is 0 Å². The van der Waals surface area contributed by atoms with Crippen molar-refractivity contribution in [1.82, 2.24) is 5.32 Å². The Bertz CT molecular complexity index is 314. The number of nitrogens with one attached hydrogen (secondary N) is 1. The second kappa shape index (κ2) is 6.31. The Labute approximate surface area is 112 Å². The summed E-state index contributed by atoms with van der Waals surface area (Å²) in [5, 5.41) is 11.9. The summed E-state index contributed by atoms with van der Waals surface area (Å²) in [5.41, 5.74) is -0.567. The summed E-state index contributed by atoms with van der Waals surface area (Å²) >= 11 is 1.73. The van der Waals surface area contributed by atoms with Crippen LogP contribution in [-0.4, -0.2) is 40.3 Å². The van der Waals surface area contributed by atoms with Crippen LogP contribution in [0.15, 0.2) is 0 Å². The lowest BCUT2D eigenvalue weighted by atomic mass is 9.95. The van der Waals surface area contributed by atoms with E-state index in [2.05, 4.69) is 5.32 Å². The summed E-state index contributed by atoms with van der Waals surface area (Å²) in [6.07, 6.45) is 0.715. The van der Waals surface area contributed by atoms with Gasteiger partial charge in [0.25, 0.3) is 0 Å². The maximum Gasteiger partial charge on any atom is 0.407 e. The van der Waals surface area contributed by atoms with Gasteiger partial charge in [-0.3, -0.25) is 4.79 Å². The molecule has 2 unspecified atom stereocenters. The first kappa shape index (κ1) is 15.1. The fourth-order valence-corrected chi connectivity index (χ4v) is 2.90. The van der Waals surface area contributed by atoms with Gasteiger partial charge in [-0.25, -0.2) is 4.79 Å². The lowest BCUT2D eigenvalue weighted by molar-refractivity contribution is -0.142.